The van der Waals surface area contributed by atoms with Crippen molar-refractivity contribution in [3.05, 3.63) is 11.9 Å². The molecular formula is C10H14N6O2S. The van der Waals surface area contributed by atoms with Crippen LogP contribution in [0, 0.1) is 0 Å². The van der Waals surface area contributed by atoms with Gasteiger partial charge in [-0.25, -0.2) is 0 Å². The molecule has 0 amide bonds. The molecule has 1 unspecified atom stereocenters. The molecule has 9 heteroatoms. The third-order valence-corrected chi connectivity index (χ3v) is 3.00. The zero-order chi connectivity index (χ0) is 14.0. The van der Waals surface area contributed by atoms with E-state index in [1.165, 1.54) is 17.9 Å². The Hall–Kier alpha value is -2.03. The van der Waals surface area contributed by atoms with Gasteiger partial charge in [-0.3, -0.25) is 4.21 Å². The zero-order valence-corrected chi connectivity index (χ0v) is 11.6. The maximum absolute atomic E-state index is 11.4. The molecule has 19 heavy (non-hydrogen) atoms. The number of nitrogens with zero attached hydrogens (tertiary/aromatic N) is 5. The quantitative estimate of drug-likeness (QED) is 0.800. The van der Waals surface area contributed by atoms with E-state index >= 15 is 0 Å². The molecule has 0 saturated carbocycles. The lowest BCUT2D eigenvalue weighted by atomic mass is 10.3. The van der Waals surface area contributed by atoms with Gasteiger partial charge in [-0.05, 0) is 12.5 Å². The van der Waals surface area contributed by atoms with Gasteiger partial charge in [-0.15, -0.1) is 5.10 Å². The van der Waals surface area contributed by atoms with E-state index in [0.717, 1.165) is 6.42 Å². The largest absolute Gasteiger partial charge is 0.493 e. The van der Waals surface area contributed by atoms with Gasteiger partial charge in [0.2, 0.25) is 16.9 Å². The maximum Gasteiger partial charge on any atom is 0.258 e. The average Bonchev–Trinajstić information content (AvgIpc) is 2.80. The molecule has 0 radical (unpaired) electrons. The summed E-state index contributed by atoms with van der Waals surface area (Å²) >= 11 is 0. The molecule has 0 fully saturated rings. The van der Waals surface area contributed by atoms with Gasteiger partial charge in [0.15, 0.2) is 5.76 Å². The molecule has 8 nitrogen and oxygen atoms in total. The molecule has 0 bridgehead atoms. The van der Waals surface area contributed by atoms with Gasteiger partial charge in [0.25, 0.3) is 5.78 Å². The fraction of sp³-hybridized carbons (Fsp3) is 0.400. The molecule has 0 saturated heterocycles. The predicted octanol–water partition coefficient (Wildman–Crippen LogP) is 0.236. The highest BCUT2D eigenvalue weighted by molar-refractivity contribution is 7.84. The molecular weight excluding hydrogens is 268 g/mol. The number of nitrogens with two attached hydrogens (primary N) is 1. The number of anilines is 1. The predicted molar refractivity (Wildman–Crippen MR) is 70.6 cm³/mol. The number of allylic oxidation sites excluding steroid dienone is 1. The topological polar surface area (TPSA) is 108 Å². The van der Waals surface area contributed by atoms with Crippen molar-refractivity contribution in [1.82, 2.24) is 24.6 Å². The lowest BCUT2D eigenvalue weighted by Gasteiger charge is -1.99. The summed E-state index contributed by atoms with van der Waals surface area (Å²) in [6.45, 7) is 1.97. The van der Waals surface area contributed by atoms with Gasteiger partial charge in [0, 0.05) is 6.26 Å². The molecule has 2 rings (SSSR count). The van der Waals surface area contributed by atoms with Crippen LogP contribution in [0.5, 0.6) is 0 Å². The number of nitrogen functional groups attached to an aromatic ring is 1. The summed E-state index contributed by atoms with van der Waals surface area (Å²) in [6, 6.07) is 0. The van der Waals surface area contributed by atoms with Gasteiger partial charge in [0.05, 0.1) is 17.9 Å². The number of ether oxygens (including phenoxy) is 1. The highest BCUT2D eigenvalue weighted by Crippen LogP contribution is 2.14. The Kier molecular flexibility index (Phi) is 3.74. The molecule has 2 heterocycles. The van der Waals surface area contributed by atoms with E-state index in [4.69, 9.17) is 10.5 Å². The molecule has 0 aromatic carbocycles. The highest BCUT2D eigenvalue weighted by Gasteiger charge is 2.15. The van der Waals surface area contributed by atoms with E-state index in [-0.39, 0.29) is 16.9 Å². The minimum atomic E-state index is -1.33. The van der Waals surface area contributed by atoms with Gasteiger partial charge in [-0.1, -0.05) is 6.92 Å². The minimum absolute atomic E-state index is 0.0842. The fourth-order valence-electron chi connectivity index (χ4n) is 1.47. The van der Waals surface area contributed by atoms with E-state index in [1.807, 2.05) is 13.0 Å². The van der Waals surface area contributed by atoms with Crippen LogP contribution >= 0.6 is 0 Å². The summed E-state index contributed by atoms with van der Waals surface area (Å²) in [6.07, 6.45) is 4.10. The average molecular weight is 282 g/mol. The molecule has 1 atom stereocenters. The number of fused-ring (bicyclic) bond motifs is 1. The Morgan fingerprint density at radius 3 is 2.79 bits per heavy atom. The SMILES string of the molecule is CC/C=C(\OC)c1nc2nc(S(C)=O)nc(N)n2n1. The smallest absolute Gasteiger partial charge is 0.258 e. The summed E-state index contributed by atoms with van der Waals surface area (Å²) in [7, 11) is 0.205. The summed E-state index contributed by atoms with van der Waals surface area (Å²) in [5.74, 6) is 1.23. The third kappa shape index (κ3) is 2.55. The Morgan fingerprint density at radius 1 is 1.47 bits per heavy atom. The first-order valence-electron chi connectivity index (χ1n) is 5.55. The van der Waals surface area contributed by atoms with Crippen LogP contribution in [0.25, 0.3) is 11.5 Å². The van der Waals surface area contributed by atoms with E-state index in [1.54, 1.807) is 0 Å². The molecule has 0 aliphatic rings. The van der Waals surface area contributed by atoms with Crippen molar-refractivity contribution in [3.8, 4) is 0 Å². The van der Waals surface area contributed by atoms with E-state index < -0.39 is 10.8 Å². The number of aromatic nitrogens is 5. The van der Waals surface area contributed by atoms with Crippen molar-refractivity contribution < 1.29 is 8.95 Å². The van der Waals surface area contributed by atoms with Crippen LogP contribution < -0.4 is 5.73 Å². The van der Waals surface area contributed by atoms with Crippen LogP contribution in [0.1, 0.15) is 19.2 Å². The molecule has 2 N–H and O–H groups in total. The zero-order valence-electron chi connectivity index (χ0n) is 10.8. The summed E-state index contributed by atoms with van der Waals surface area (Å²) in [5.41, 5.74) is 5.74. The monoisotopic (exact) mass is 282 g/mol. The highest BCUT2D eigenvalue weighted by atomic mass is 32.2. The van der Waals surface area contributed by atoms with Gasteiger partial charge >= 0.3 is 0 Å². The minimum Gasteiger partial charge on any atom is -0.493 e. The van der Waals surface area contributed by atoms with Crippen molar-refractivity contribution in [2.75, 3.05) is 19.1 Å². The van der Waals surface area contributed by atoms with E-state index in [9.17, 15) is 4.21 Å². The fourth-order valence-corrected chi connectivity index (χ4v) is 1.90. The summed E-state index contributed by atoms with van der Waals surface area (Å²) < 4.78 is 17.9. The first-order valence-corrected chi connectivity index (χ1v) is 7.10. The lowest BCUT2D eigenvalue weighted by Crippen LogP contribution is -2.08. The second-order valence-corrected chi connectivity index (χ2v) is 4.92. The number of rotatable bonds is 4. The molecule has 0 aliphatic carbocycles. The molecule has 0 aliphatic heterocycles. The standard InChI is InChI=1S/C10H14N6O2S/c1-4-5-6(18-2)7-12-9-14-10(19(3)17)13-8(11)16(9)15-7/h5H,4H2,1-3H3,(H2,11,12,13,14,15)/b6-5-. The normalized spacial score (nSPS) is 13.7. The molecule has 0 spiro atoms. The second-order valence-electron chi connectivity index (χ2n) is 3.65. The van der Waals surface area contributed by atoms with Crippen molar-refractivity contribution >= 4 is 28.3 Å². The van der Waals surface area contributed by atoms with Gasteiger partial charge < -0.3 is 10.5 Å². The molecule has 2 aromatic rings. The maximum atomic E-state index is 11.4. The summed E-state index contributed by atoms with van der Waals surface area (Å²) in [4.78, 5) is 12.2. The molecule has 2 aromatic heterocycles. The lowest BCUT2D eigenvalue weighted by molar-refractivity contribution is 0.365. The summed E-state index contributed by atoms with van der Waals surface area (Å²) in [5, 5.41) is 4.29. The Labute approximate surface area is 112 Å². The number of methoxy groups -OCH3 is 1. The van der Waals surface area contributed by atoms with Crippen LogP contribution in [0.4, 0.5) is 5.95 Å². The number of hydrogen-bond donors (Lipinski definition) is 1. The van der Waals surface area contributed by atoms with Gasteiger partial charge in [-0.2, -0.15) is 19.5 Å². The van der Waals surface area contributed by atoms with Crippen LogP contribution in [0.3, 0.4) is 0 Å². The number of hydrogen-bond acceptors (Lipinski definition) is 7. The van der Waals surface area contributed by atoms with Crippen molar-refractivity contribution in [3.63, 3.8) is 0 Å². The van der Waals surface area contributed by atoms with Crippen molar-refractivity contribution in [2.24, 2.45) is 0 Å². The third-order valence-electron chi connectivity index (χ3n) is 2.30. The first kappa shape index (κ1) is 13.4. The van der Waals surface area contributed by atoms with Crippen LogP contribution in [0.15, 0.2) is 11.2 Å². The molecule has 102 valence electrons. The van der Waals surface area contributed by atoms with Crippen LogP contribution in [-0.2, 0) is 15.5 Å². The Bertz CT molecular complexity index is 665. The Balaban J connectivity index is 2.60. The van der Waals surface area contributed by atoms with Crippen LogP contribution in [-0.4, -0.2) is 42.1 Å². The van der Waals surface area contributed by atoms with Gasteiger partial charge in [0.1, 0.15) is 0 Å². The van der Waals surface area contributed by atoms with Crippen LogP contribution in [0.2, 0.25) is 0 Å². The first-order chi connectivity index (χ1) is 9.06. The van der Waals surface area contributed by atoms with E-state index in [2.05, 4.69) is 20.1 Å². The van der Waals surface area contributed by atoms with Crippen molar-refractivity contribution in [2.45, 2.75) is 18.5 Å². The van der Waals surface area contributed by atoms with Crippen molar-refractivity contribution in [1.29, 1.82) is 0 Å². The van der Waals surface area contributed by atoms with E-state index in [0.29, 0.717) is 11.6 Å². The second kappa shape index (κ2) is 5.31. The Morgan fingerprint density at radius 2 is 2.21 bits per heavy atom.